The van der Waals surface area contributed by atoms with E-state index in [-0.39, 0.29) is 12.6 Å². The molecule has 178 valence electrons. The lowest BCUT2D eigenvalue weighted by atomic mass is 9.93. The van der Waals surface area contributed by atoms with Crippen molar-refractivity contribution < 1.29 is 9.84 Å². The standard InChI is InChI=1S/C24H35N7O2/c1-3-4-10-30(11-12-32)23-22-20(27-24(25)28-23)16-31(29-22)15-18-9-8-17(13-21(18)33-2)14-26-19-6-5-7-19/h8-9,13,16,19,26,32H,3-7,10-12,14-15H2,1-2H3,(H2,25,27). The van der Waals surface area contributed by atoms with Gasteiger partial charge in [-0.15, -0.1) is 0 Å². The third kappa shape index (κ3) is 5.54. The number of fused-ring (bicyclic) bond motifs is 1. The van der Waals surface area contributed by atoms with E-state index in [4.69, 9.17) is 15.6 Å². The van der Waals surface area contributed by atoms with Crippen LogP contribution in [0.25, 0.3) is 11.0 Å². The van der Waals surface area contributed by atoms with Crippen molar-refractivity contribution in [2.45, 2.75) is 58.2 Å². The van der Waals surface area contributed by atoms with Crippen LogP contribution in [0.2, 0.25) is 0 Å². The Hall–Kier alpha value is -2.91. The van der Waals surface area contributed by atoms with Gasteiger partial charge in [0.2, 0.25) is 5.95 Å². The number of aliphatic hydroxyl groups excluding tert-OH is 1. The summed E-state index contributed by atoms with van der Waals surface area (Å²) in [5.74, 6) is 1.72. The van der Waals surface area contributed by atoms with Crippen molar-refractivity contribution in [3.05, 3.63) is 35.5 Å². The van der Waals surface area contributed by atoms with Crippen LogP contribution in [0, 0.1) is 0 Å². The molecule has 2 aromatic heterocycles. The first-order chi connectivity index (χ1) is 16.1. The van der Waals surface area contributed by atoms with Crippen LogP contribution in [-0.2, 0) is 13.1 Å². The molecule has 1 aliphatic carbocycles. The van der Waals surface area contributed by atoms with Crippen molar-refractivity contribution in [1.29, 1.82) is 0 Å². The minimum Gasteiger partial charge on any atom is -0.496 e. The summed E-state index contributed by atoms with van der Waals surface area (Å²) in [6, 6.07) is 6.99. The summed E-state index contributed by atoms with van der Waals surface area (Å²) < 4.78 is 7.53. The summed E-state index contributed by atoms with van der Waals surface area (Å²) in [5.41, 5.74) is 9.63. The predicted octanol–water partition coefficient (Wildman–Crippen LogP) is 2.71. The molecule has 0 bridgehead atoms. The first-order valence-corrected chi connectivity index (χ1v) is 11.9. The van der Waals surface area contributed by atoms with Crippen LogP contribution in [0.5, 0.6) is 5.75 Å². The van der Waals surface area contributed by atoms with E-state index in [9.17, 15) is 5.11 Å². The van der Waals surface area contributed by atoms with Gasteiger partial charge in [-0.05, 0) is 30.9 Å². The van der Waals surface area contributed by atoms with E-state index in [0.29, 0.717) is 36.0 Å². The van der Waals surface area contributed by atoms with Gasteiger partial charge in [0.15, 0.2) is 11.3 Å². The fraction of sp³-hybridized carbons (Fsp3) is 0.542. The minimum atomic E-state index is 0.0367. The number of nitrogens with one attached hydrogen (secondary N) is 1. The number of benzene rings is 1. The van der Waals surface area contributed by atoms with Crippen LogP contribution in [0.4, 0.5) is 11.8 Å². The highest BCUT2D eigenvalue weighted by Crippen LogP contribution is 2.26. The molecule has 4 N–H and O–H groups in total. The molecule has 4 rings (SSSR count). The number of ether oxygens (including phenoxy) is 1. The van der Waals surface area contributed by atoms with Gasteiger partial charge in [-0.3, -0.25) is 4.68 Å². The van der Waals surface area contributed by atoms with Gasteiger partial charge in [0.25, 0.3) is 0 Å². The molecule has 33 heavy (non-hydrogen) atoms. The fourth-order valence-corrected chi connectivity index (χ4v) is 4.14. The van der Waals surface area contributed by atoms with Crippen LogP contribution in [-0.4, -0.2) is 57.7 Å². The van der Waals surface area contributed by atoms with Gasteiger partial charge in [0, 0.05) is 31.2 Å². The number of nitrogens with zero attached hydrogens (tertiary/aromatic N) is 5. The maximum absolute atomic E-state index is 9.54. The second-order valence-corrected chi connectivity index (χ2v) is 8.69. The van der Waals surface area contributed by atoms with Gasteiger partial charge in [-0.25, -0.2) is 4.98 Å². The number of rotatable bonds is 12. The number of aliphatic hydroxyl groups is 1. The number of hydrogen-bond acceptors (Lipinski definition) is 8. The van der Waals surface area contributed by atoms with Gasteiger partial charge in [0.1, 0.15) is 11.3 Å². The molecule has 1 saturated carbocycles. The SMILES string of the molecule is CCCCN(CCO)c1nc(N)nc2cn(Cc3ccc(CNC4CCC4)cc3OC)nc12. The molecule has 0 saturated heterocycles. The van der Waals surface area contributed by atoms with Crippen LogP contribution in [0.15, 0.2) is 24.4 Å². The van der Waals surface area contributed by atoms with Gasteiger partial charge in [-0.2, -0.15) is 10.1 Å². The highest BCUT2D eigenvalue weighted by Gasteiger charge is 2.18. The number of nitrogens with two attached hydrogens (primary N) is 1. The lowest BCUT2D eigenvalue weighted by molar-refractivity contribution is 0.301. The number of methoxy groups -OCH3 is 1. The van der Waals surface area contributed by atoms with Crippen molar-refractivity contribution in [2.24, 2.45) is 0 Å². The molecule has 0 atom stereocenters. The Morgan fingerprint density at radius 2 is 2.12 bits per heavy atom. The molecule has 3 aromatic rings. The molecular weight excluding hydrogens is 418 g/mol. The molecule has 1 aromatic carbocycles. The molecule has 0 unspecified atom stereocenters. The summed E-state index contributed by atoms with van der Waals surface area (Å²) >= 11 is 0. The zero-order chi connectivity index (χ0) is 23.2. The first-order valence-electron chi connectivity index (χ1n) is 11.9. The minimum absolute atomic E-state index is 0.0367. The molecule has 9 nitrogen and oxygen atoms in total. The number of unbranched alkanes of at least 4 members (excludes halogenated alkanes) is 1. The Bertz CT molecular complexity index is 1060. The Morgan fingerprint density at radius 1 is 1.27 bits per heavy atom. The van der Waals surface area contributed by atoms with Gasteiger partial charge in [-0.1, -0.05) is 31.9 Å². The molecule has 1 fully saturated rings. The Kier molecular flexibility index (Phi) is 7.61. The zero-order valence-corrected chi connectivity index (χ0v) is 19.6. The molecule has 0 amide bonds. The summed E-state index contributed by atoms with van der Waals surface area (Å²) in [7, 11) is 1.70. The third-order valence-corrected chi connectivity index (χ3v) is 6.24. The second kappa shape index (κ2) is 10.8. The summed E-state index contributed by atoms with van der Waals surface area (Å²) in [4.78, 5) is 10.9. The molecular formula is C24H35N7O2. The van der Waals surface area contributed by atoms with Crippen LogP contribution in [0.1, 0.15) is 50.2 Å². The van der Waals surface area contributed by atoms with Crippen molar-refractivity contribution in [3.63, 3.8) is 0 Å². The number of hydrogen-bond donors (Lipinski definition) is 3. The molecule has 0 spiro atoms. The highest BCUT2D eigenvalue weighted by molar-refractivity contribution is 5.86. The van der Waals surface area contributed by atoms with E-state index < -0.39 is 0 Å². The highest BCUT2D eigenvalue weighted by atomic mass is 16.5. The molecule has 1 aliphatic rings. The Labute approximate surface area is 195 Å². The lowest BCUT2D eigenvalue weighted by Gasteiger charge is -2.26. The van der Waals surface area contributed by atoms with E-state index in [1.54, 1.807) is 7.11 Å². The monoisotopic (exact) mass is 453 g/mol. The van der Waals surface area contributed by atoms with Crippen LogP contribution < -0.4 is 20.7 Å². The smallest absolute Gasteiger partial charge is 0.222 e. The van der Waals surface area contributed by atoms with Gasteiger partial charge in [0.05, 0.1) is 26.5 Å². The average Bonchev–Trinajstić information content (AvgIpc) is 3.18. The number of nitrogen functional groups attached to an aromatic ring is 1. The lowest BCUT2D eigenvalue weighted by Crippen LogP contribution is -2.34. The van der Waals surface area contributed by atoms with E-state index in [0.717, 1.165) is 37.2 Å². The van der Waals surface area contributed by atoms with Crippen molar-refractivity contribution in [3.8, 4) is 5.75 Å². The molecule has 9 heteroatoms. The van der Waals surface area contributed by atoms with E-state index in [1.165, 1.54) is 24.8 Å². The van der Waals surface area contributed by atoms with E-state index in [2.05, 4.69) is 40.4 Å². The number of anilines is 2. The maximum Gasteiger partial charge on any atom is 0.222 e. The van der Waals surface area contributed by atoms with E-state index >= 15 is 0 Å². The predicted molar refractivity (Wildman–Crippen MR) is 131 cm³/mol. The quantitative estimate of drug-likeness (QED) is 0.384. The summed E-state index contributed by atoms with van der Waals surface area (Å²) in [6.45, 7) is 4.82. The Morgan fingerprint density at radius 3 is 2.82 bits per heavy atom. The Balaban J connectivity index is 1.57. The van der Waals surface area contributed by atoms with Gasteiger partial charge < -0.3 is 25.8 Å². The topological polar surface area (TPSA) is 114 Å². The van der Waals surface area contributed by atoms with E-state index in [1.807, 2.05) is 15.8 Å². The maximum atomic E-state index is 9.54. The summed E-state index contributed by atoms with van der Waals surface area (Å²) in [5, 5.41) is 17.9. The van der Waals surface area contributed by atoms with Crippen LogP contribution in [0.3, 0.4) is 0 Å². The van der Waals surface area contributed by atoms with Crippen molar-refractivity contribution in [1.82, 2.24) is 25.1 Å². The molecule has 2 heterocycles. The van der Waals surface area contributed by atoms with Crippen molar-refractivity contribution in [2.75, 3.05) is 37.4 Å². The first kappa shape index (κ1) is 23.3. The van der Waals surface area contributed by atoms with Crippen LogP contribution >= 0.6 is 0 Å². The zero-order valence-electron chi connectivity index (χ0n) is 19.6. The second-order valence-electron chi connectivity index (χ2n) is 8.69. The largest absolute Gasteiger partial charge is 0.496 e. The normalized spacial score (nSPS) is 13.9. The fourth-order valence-electron chi connectivity index (χ4n) is 4.14. The number of aromatic nitrogens is 4. The van der Waals surface area contributed by atoms with Crippen molar-refractivity contribution >= 4 is 22.8 Å². The summed E-state index contributed by atoms with van der Waals surface area (Å²) in [6.07, 6.45) is 7.79. The average molecular weight is 454 g/mol. The molecule has 0 radical (unpaired) electrons. The molecule has 0 aliphatic heterocycles. The van der Waals surface area contributed by atoms with Gasteiger partial charge >= 0.3 is 0 Å². The third-order valence-electron chi connectivity index (χ3n) is 6.24.